The normalized spacial score (nSPS) is 10.6. The van der Waals surface area contributed by atoms with Crippen molar-refractivity contribution in [2.24, 2.45) is 0 Å². The lowest BCUT2D eigenvalue weighted by atomic mass is 10.2. The predicted octanol–water partition coefficient (Wildman–Crippen LogP) is 3.15. The molecule has 0 aliphatic carbocycles. The summed E-state index contributed by atoms with van der Waals surface area (Å²) in [5, 5.41) is 0.310. The maximum absolute atomic E-state index is 13.2. The van der Waals surface area contributed by atoms with E-state index in [4.69, 9.17) is 4.42 Å². The molecule has 0 spiro atoms. The summed E-state index contributed by atoms with van der Waals surface area (Å²) >= 11 is 3.10. The van der Waals surface area contributed by atoms with Gasteiger partial charge in [-0.2, -0.15) is 0 Å². The van der Waals surface area contributed by atoms with E-state index >= 15 is 0 Å². The zero-order chi connectivity index (χ0) is 9.42. The number of furan rings is 1. The second-order valence-electron chi connectivity index (χ2n) is 2.51. The summed E-state index contributed by atoms with van der Waals surface area (Å²) < 4.78 is 18.6. The van der Waals surface area contributed by atoms with Gasteiger partial charge in [-0.25, -0.2) is 4.39 Å². The van der Waals surface area contributed by atoms with Crippen LogP contribution in [0.2, 0.25) is 0 Å². The molecule has 0 radical (unpaired) electrons. The van der Waals surface area contributed by atoms with E-state index in [2.05, 4.69) is 15.9 Å². The van der Waals surface area contributed by atoms with Crippen LogP contribution < -0.4 is 0 Å². The van der Waals surface area contributed by atoms with Crippen molar-refractivity contribution in [3.8, 4) is 0 Å². The highest BCUT2D eigenvalue weighted by Crippen LogP contribution is 2.31. The minimum absolute atomic E-state index is 0.111. The van der Waals surface area contributed by atoms with Crippen LogP contribution in [0.5, 0.6) is 0 Å². The molecular weight excluding hydrogens is 239 g/mol. The highest BCUT2D eigenvalue weighted by molar-refractivity contribution is 9.10. The van der Waals surface area contributed by atoms with Crippen LogP contribution in [0.3, 0.4) is 0 Å². The molecule has 4 heteroatoms. The summed E-state index contributed by atoms with van der Waals surface area (Å²) in [6.07, 6.45) is 0.545. The third-order valence-corrected chi connectivity index (χ3v) is 2.53. The third-order valence-electron chi connectivity index (χ3n) is 1.74. The molecule has 1 heterocycles. The van der Waals surface area contributed by atoms with Gasteiger partial charge in [0.15, 0.2) is 12.0 Å². The molecule has 0 N–H and O–H groups in total. The third kappa shape index (κ3) is 1.18. The van der Waals surface area contributed by atoms with E-state index in [1.54, 1.807) is 6.07 Å². The van der Waals surface area contributed by atoms with Gasteiger partial charge in [0.25, 0.3) is 0 Å². The van der Waals surface area contributed by atoms with E-state index in [1.165, 1.54) is 12.1 Å². The largest absolute Gasteiger partial charge is 0.452 e. The Morgan fingerprint density at radius 3 is 2.85 bits per heavy atom. The molecule has 0 amide bonds. The molecule has 66 valence electrons. The maximum Gasteiger partial charge on any atom is 0.186 e. The number of carbonyl (C=O) groups excluding carboxylic acids is 1. The predicted molar refractivity (Wildman–Crippen MR) is 49.3 cm³/mol. The van der Waals surface area contributed by atoms with Crippen LogP contribution in [0.15, 0.2) is 27.1 Å². The van der Waals surface area contributed by atoms with Gasteiger partial charge < -0.3 is 4.42 Å². The van der Waals surface area contributed by atoms with Gasteiger partial charge >= 0.3 is 0 Å². The highest BCUT2D eigenvalue weighted by atomic mass is 79.9. The quantitative estimate of drug-likeness (QED) is 0.720. The first-order valence-electron chi connectivity index (χ1n) is 3.55. The lowest BCUT2D eigenvalue weighted by Gasteiger charge is -1.89. The number of hydrogen-bond donors (Lipinski definition) is 0. The Morgan fingerprint density at radius 1 is 1.46 bits per heavy atom. The molecule has 0 saturated heterocycles. The molecule has 0 aliphatic rings. The van der Waals surface area contributed by atoms with Gasteiger partial charge in [-0.1, -0.05) is 6.07 Å². The number of aldehydes is 1. The van der Waals surface area contributed by atoms with Crippen LogP contribution >= 0.6 is 15.9 Å². The zero-order valence-electron chi connectivity index (χ0n) is 6.38. The van der Waals surface area contributed by atoms with Gasteiger partial charge in [0, 0.05) is 0 Å². The first kappa shape index (κ1) is 8.44. The average molecular weight is 243 g/mol. The lowest BCUT2D eigenvalue weighted by Crippen LogP contribution is -1.75. The number of fused-ring (bicyclic) bond motifs is 1. The van der Waals surface area contributed by atoms with Crippen molar-refractivity contribution in [3.63, 3.8) is 0 Å². The summed E-state index contributed by atoms with van der Waals surface area (Å²) in [6.45, 7) is 0. The summed E-state index contributed by atoms with van der Waals surface area (Å²) in [4.78, 5) is 10.5. The number of carbonyl (C=O) groups is 1. The van der Waals surface area contributed by atoms with Crippen molar-refractivity contribution in [2.45, 2.75) is 0 Å². The summed E-state index contributed by atoms with van der Waals surface area (Å²) in [5.41, 5.74) is 0.369. The SMILES string of the molecule is O=Cc1oc2cccc(F)c2c1Br. The first-order chi connectivity index (χ1) is 6.24. The maximum atomic E-state index is 13.2. The van der Waals surface area contributed by atoms with E-state index in [-0.39, 0.29) is 5.76 Å². The number of benzene rings is 1. The van der Waals surface area contributed by atoms with Crippen LogP contribution in [0, 0.1) is 5.82 Å². The second-order valence-corrected chi connectivity index (χ2v) is 3.30. The van der Waals surface area contributed by atoms with E-state index in [9.17, 15) is 9.18 Å². The molecular formula is C9H4BrFO2. The molecule has 0 fully saturated rings. The fraction of sp³-hybridized carbons (Fsp3) is 0. The van der Waals surface area contributed by atoms with E-state index in [1.807, 2.05) is 0 Å². The second kappa shape index (κ2) is 2.96. The van der Waals surface area contributed by atoms with Gasteiger partial charge in [-0.15, -0.1) is 0 Å². The smallest absolute Gasteiger partial charge is 0.186 e. The van der Waals surface area contributed by atoms with Crippen molar-refractivity contribution in [2.75, 3.05) is 0 Å². The Balaban J connectivity index is 2.92. The molecule has 0 bridgehead atoms. The van der Waals surface area contributed by atoms with Crippen molar-refractivity contribution in [1.29, 1.82) is 0 Å². The molecule has 1 aromatic heterocycles. The molecule has 13 heavy (non-hydrogen) atoms. The Kier molecular flexibility index (Phi) is 1.92. The number of halogens is 2. The lowest BCUT2D eigenvalue weighted by molar-refractivity contribution is 0.110. The molecule has 0 unspecified atom stereocenters. The monoisotopic (exact) mass is 242 g/mol. The number of hydrogen-bond acceptors (Lipinski definition) is 2. The van der Waals surface area contributed by atoms with E-state index in [0.717, 1.165) is 0 Å². The highest BCUT2D eigenvalue weighted by Gasteiger charge is 2.13. The topological polar surface area (TPSA) is 30.2 Å². The van der Waals surface area contributed by atoms with Crippen molar-refractivity contribution in [1.82, 2.24) is 0 Å². The summed E-state index contributed by atoms with van der Waals surface area (Å²) in [5.74, 6) is -0.290. The standard InChI is InChI=1S/C9H4BrFO2/c10-9-7(4-12)13-6-3-1-2-5(11)8(6)9/h1-4H. The molecule has 2 nitrogen and oxygen atoms in total. The molecule has 0 saturated carbocycles. The fourth-order valence-corrected chi connectivity index (χ4v) is 1.72. The van der Waals surface area contributed by atoms with Crippen molar-refractivity contribution < 1.29 is 13.6 Å². The molecule has 2 aromatic rings. The fourth-order valence-electron chi connectivity index (χ4n) is 1.16. The Bertz CT molecular complexity index is 476. The Labute approximate surface area is 81.5 Å². The first-order valence-corrected chi connectivity index (χ1v) is 4.35. The van der Waals surface area contributed by atoms with Crippen LogP contribution in [0.25, 0.3) is 11.0 Å². The summed E-state index contributed by atoms with van der Waals surface area (Å²) in [7, 11) is 0. The molecule has 0 aliphatic heterocycles. The Hall–Kier alpha value is -1.16. The van der Waals surface area contributed by atoms with E-state index < -0.39 is 5.82 Å². The zero-order valence-corrected chi connectivity index (χ0v) is 7.97. The van der Waals surface area contributed by atoms with Crippen molar-refractivity contribution >= 4 is 33.2 Å². The Morgan fingerprint density at radius 2 is 2.23 bits per heavy atom. The average Bonchev–Trinajstić information content (AvgIpc) is 2.44. The minimum Gasteiger partial charge on any atom is -0.452 e. The van der Waals surface area contributed by atoms with E-state index in [0.29, 0.717) is 21.7 Å². The van der Waals surface area contributed by atoms with Gasteiger partial charge in [-0.05, 0) is 28.1 Å². The van der Waals surface area contributed by atoms with Gasteiger partial charge in [-0.3, -0.25) is 4.79 Å². The number of rotatable bonds is 1. The molecule has 1 aromatic carbocycles. The molecule has 2 rings (SSSR count). The van der Waals surface area contributed by atoms with Gasteiger partial charge in [0.1, 0.15) is 11.4 Å². The van der Waals surface area contributed by atoms with Crippen LogP contribution in [-0.4, -0.2) is 6.29 Å². The van der Waals surface area contributed by atoms with Crippen LogP contribution in [0.1, 0.15) is 10.6 Å². The van der Waals surface area contributed by atoms with Gasteiger partial charge in [0.05, 0.1) is 9.86 Å². The van der Waals surface area contributed by atoms with Crippen LogP contribution in [0.4, 0.5) is 4.39 Å². The molecule has 0 atom stereocenters. The van der Waals surface area contributed by atoms with Gasteiger partial charge in [0.2, 0.25) is 0 Å². The van der Waals surface area contributed by atoms with Crippen molar-refractivity contribution in [3.05, 3.63) is 34.2 Å². The minimum atomic E-state index is -0.402. The summed E-state index contributed by atoms with van der Waals surface area (Å²) in [6, 6.07) is 4.45. The van der Waals surface area contributed by atoms with Crippen LogP contribution in [-0.2, 0) is 0 Å².